The highest BCUT2D eigenvalue weighted by Gasteiger charge is 2.25. The van der Waals surface area contributed by atoms with Crippen molar-refractivity contribution < 1.29 is 5.11 Å². The predicted molar refractivity (Wildman–Crippen MR) is 87.8 cm³/mol. The second-order valence-electron chi connectivity index (χ2n) is 7.05. The highest BCUT2D eigenvalue weighted by molar-refractivity contribution is 5.44. The predicted octanol–water partition coefficient (Wildman–Crippen LogP) is 2.40. The summed E-state index contributed by atoms with van der Waals surface area (Å²) >= 11 is 0. The van der Waals surface area contributed by atoms with Gasteiger partial charge in [-0.25, -0.2) is 4.98 Å². The third-order valence-electron chi connectivity index (χ3n) is 4.32. The lowest BCUT2D eigenvalue weighted by Gasteiger charge is -2.40. The van der Waals surface area contributed by atoms with Gasteiger partial charge >= 0.3 is 0 Å². The first-order valence-electron chi connectivity index (χ1n) is 7.96. The van der Waals surface area contributed by atoms with E-state index in [4.69, 9.17) is 4.98 Å². The molecular weight excluding hydrogens is 262 g/mol. The number of nitrogens with zero attached hydrogens (tertiary/aromatic N) is 3. The fraction of sp³-hybridized carbons (Fsp3) is 0.706. The Morgan fingerprint density at radius 3 is 2.52 bits per heavy atom. The van der Waals surface area contributed by atoms with Crippen molar-refractivity contribution in [3.05, 3.63) is 23.4 Å². The van der Waals surface area contributed by atoms with E-state index < -0.39 is 0 Å². The Hall–Kier alpha value is -1.13. The van der Waals surface area contributed by atoms with Crippen molar-refractivity contribution in [1.29, 1.82) is 0 Å². The standard InChI is InChI=1S/C17H29N3O/c1-6-19-7-8-20(11-13(19)2)16-10-14(12-21)9-15(18-16)17(3,4)5/h9-10,13,21H,6-8,11-12H2,1-5H3. The van der Waals surface area contributed by atoms with Gasteiger partial charge in [0.15, 0.2) is 0 Å². The summed E-state index contributed by atoms with van der Waals surface area (Å²) in [6, 6.07) is 4.60. The first-order valence-corrected chi connectivity index (χ1v) is 7.96. The molecule has 2 heterocycles. The van der Waals surface area contributed by atoms with Crippen molar-refractivity contribution >= 4 is 5.82 Å². The molecule has 4 nitrogen and oxygen atoms in total. The van der Waals surface area contributed by atoms with E-state index in [2.05, 4.69) is 44.4 Å². The van der Waals surface area contributed by atoms with Crippen molar-refractivity contribution in [2.45, 2.75) is 52.7 Å². The van der Waals surface area contributed by atoms with Crippen LogP contribution < -0.4 is 4.90 Å². The molecule has 0 saturated carbocycles. The lowest BCUT2D eigenvalue weighted by molar-refractivity contribution is 0.199. The normalized spacial score (nSPS) is 20.9. The maximum atomic E-state index is 9.53. The van der Waals surface area contributed by atoms with Crippen LogP contribution in [0.5, 0.6) is 0 Å². The van der Waals surface area contributed by atoms with Gasteiger partial charge in [-0.2, -0.15) is 0 Å². The molecule has 21 heavy (non-hydrogen) atoms. The first-order chi connectivity index (χ1) is 9.85. The summed E-state index contributed by atoms with van der Waals surface area (Å²) in [5, 5.41) is 9.53. The van der Waals surface area contributed by atoms with Crippen molar-refractivity contribution in [2.75, 3.05) is 31.1 Å². The Labute approximate surface area is 128 Å². The summed E-state index contributed by atoms with van der Waals surface area (Å²) in [6.07, 6.45) is 0. The van der Waals surface area contributed by atoms with Gasteiger partial charge in [0.1, 0.15) is 5.82 Å². The number of aliphatic hydroxyl groups is 1. The molecule has 1 aliphatic rings. The summed E-state index contributed by atoms with van der Waals surface area (Å²) in [4.78, 5) is 9.71. The number of hydrogen-bond acceptors (Lipinski definition) is 4. The van der Waals surface area contributed by atoms with E-state index in [-0.39, 0.29) is 12.0 Å². The molecule has 1 aliphatic heterocycles. The Balaban J connectivity index is 2.27. The van der Waals surface area contributed by atoms with Crippen LogP contribution in [0.2, 0.25) is 0 Å². The average molecular weight is 291 g/mol. The summed E-state index contributed by atoms with van der Waals surface area (Å²) in [7, 11) is 0. The molecule has 1 aromatic rings. The molecule has 0 bridgehead atoms. The van der Waals surface area contributed by atoms with Gasteiger partial charge in [-0.15, -0.1) is 0 Å². The zero-order chi connectivity index (χ0) is 15.6. The third-order valence-corrected chi connectivity index (χ3v) is 4.32. The average Bonchev–Trinajstić information content (AvgIpc) is 2.45. The van der Waals surface area contributed by atoms with Crippen LogP contribution >= 0.6 is 0 Å². The van der Waals surface area contributed by atoms with Crippen LogP contribution in [0.25, 0.3) is 0 Å². The van der Waals surface area contributed by atoms with Gasteiger partial charge < -0.3 is 10.0 Å². The minimum absolute atomic E-state index is 0.00319. The van der Waals surface area contributed by atoms with Crippen LogP contribution in [-0.4, -0.2) is 47.2 Å². The molecule has 2 rings (SSSR count). The molecule has 1 fully saturated rings. The maximum absolute atomic E-state index is 9.53. The number of aliphatic hydroxyl groups excluding tert-OH is 1. The molecule has 118 valence electrons. The number of likely N-dealkylation sites (N-methyl/N-ethyl adjacent to an activating group) is 1. The lowest BCUT2D eigenvalue weighted by Crippen LogP contribution is -2.52. The molecule has 1 aromatic heterocycles. The summed E-state index contributed by atoms with van der Waals surface area (Å²) < 4.78 is 0. The van der Waals surface area contributed by atoms with Crippen molar-refractivity contribution in [2.24, 2.45) is 0 Å². The summed E-state index contributed by atoms with van der Waals surface area (Å²) in [6.45, 7) is 15.2. The van der Waals surface area contributed by atoms with Crippen molar-refractivity contribution in [3.63, 3.8) is 0 Å². The highest BCUT2D eigenvalue weighted by atomic mass is 16.3. The van der Waals surface area contributed by atoms with E-state index in [1.807, 2.05) is 12.1 Å². The Morgan fingerprint density at radius 2 is 2.00 bits per heavy atom. The molecule has 1 unspecified atom stereocenters. The van der Waals surface area contributed by atoms with Gasteiger partial charge in [0, 0.05) is 36.8 Å². The zero-order valence-electron chi connectivity index (χ0n) is 14.1. The second kappa shape index (κ2) is 6.32. The Morgan fingerprint density at radius 1 is 1.29 bits per heavy atom. The molecule has 0 radical (unpaired) electrons. The second-order valence-corrected chi connectivity index (χ2v) is 7.05. The molecule has 1 N–H and O–H groups in total. The fourth-order valence-electron chi connectivity index (χ4n) is 2.88. The van der Waals surface area contributed by atoms with Crippen molar-refractivity contribution in [1.82, 2.24) is 9.88 Å². The van der Waals surface area contributed by atoms with Crippen LogP contribution in [0, 0.1) is 0 Å². The first kappa shape index (κ1) is 16.2. The van der Waals surface area contributed by atoms with Gasteiger partial charge in [0.05, 0.1) is 6.61 Å². The largest absolute Gasteiger partial charge is 0.392 e. The van der Waals surface area contributed by atoms with E-state index in [0.717, 1.165) is 43.3 Å². The zero-order valence-corrected chi connectivity index (χ0v) is 14.1. The number of anilines is 1. The van der Waals surface area contributed by atoms with Crippen LogP contribution in [0.3, 0.4) is 0 Å². The summed E-state index contributed by atoms with van der Waals surface area (Å²) in [5.41, 5.74) is 2.00. The van der Waals surface area contributed by atoms with Gasteiger partial charge in [0.2, 0.25) is 0 Å². The molecular formula is C17H29N3O. The minimum Gasteiger partial charge on any atom is -0.392 e. The summed E-state index contributed by atoms with van der Waals surface area (Å²) in [5.74, 6) is 1.01. The van der Waals surface area contributed by atoms with Gasteiger partial charge in [-0.1, -0.05) is 27.7 Å². The molecule has 4 heteroatoms. The van der Waals surface area contributed by atoms with E-state index in [0.29, 0.717) is 6.04 Å². The van der Waals surface area contributed by atoms with E-state index in [1.165, 1.54) is 0 Å². The highest BCUT2D eigenvalue weighted by Crippen LogP contribution is 2.26. The van der Waals surface area contributed by atoms with Crippen LogP contribution in [0.1, 0.15) is 45.9 Å². The molecule has 1 atom stereocenters. The lowest BCUT2D eigenvalue weighted by atomic mass is 9.90. The van der Waals surface area contributed by atoms with E-state index >= 15 is 0 Å². The van der Waals surface area contributed by atoms with Crippen LogP contribution in [0.4, 0.5) is 5.82 Å². The van der Waals surface area contributed by atoms with Gasteiger partial charge in [0.25, 0.3) is 0 Å². The van der Waals surface area contributed by atoms with Crippen LogP contribution in [0.15, 0.2) is 12.1 Å². The topological polar surface area (TPSA) is 39.6 Å². The van der Waals surface area contributed by atoms with E-state index in [1.54, 1.807) is 0 Å². The number of hydrogen-bond donors (Lipinski definition) is 1. The molecule has 0 spiro atoms. The number of aromatic nitrogens is 1. The Bertz CT molecular complexity index is 481. The maximum Gasteiger partial charge on any atom is 0.129 e. The fourth-order valence-corrected chi connectivity index (χ4v) is 2.88. The molecule has 0 aliphatic carbocycles. The van der Waals surface area contributed by atoms with Crippen molar-refractivity contribution in [3.8, 4) is 0 Å². The number of rotatable bonds is 3. The number of piperazine rings is 1. The monoisotopic (exact) mass is 291 g/mol. The van der Waals surface area contributed by atoms with E-state index in [9.17, 15) is 5.11 Å². The van der Waals surface area contributed by atoms with Gasteiger partial charge in [-0.05, 0) is 31.2 Å². The SMILES string of the molecule is CCN1CCN(c2cc(CO)cc(C(C)(C)C)n2)CC1C. The quantitative estimate of drug-likeness (QED) is 0.928. The van der Waals surface area contributed by atoms with Gasteiger partial charge in [-0.3, -0.25) is 4.90 Å². The number of pyridine rings is 1. The van der Waals surface area contributed by atoms with Crippen LogP contribution in [-0.2, 0) is 12.0 Å². The smallest absolute Gasteiger partial charge is 0.129 e. The Kier molecular flexibility index (Phi) is 4.89. The minimum atomic E-state index is -0.00319. The third kappa shape index (κ3) is 3.74. The molecule has 1 saturated heterocycles. The molecule has 0 amide bonds. The molecule has 0 aromatic carbocycles.